The SMILES string of the molecule is CCN1C(=N)c2c(OC(F)F)cccc2S1(=O)=O. The van der Waals surface area contributed by atoms with Crippen LogP contribution in [0.25, 0.3) is 0 Å². The fourth-order valence-electron chi connectivity index (χ4n) is 1.85. The van der Waals surface area contributed by atoms with Crippen LogP contribution in [-0.2, 0) is 10.0 Å². The van der Waals surface area contributed by atoms with E-state index in [0.717, 1.165) is 4.31 Å². The van der Waals surface area contributed by atoms with E-state index in [2.05, 4.69) is 4.74 Å². The Balaban J connectivity index is 2.64. The number of nitrogens with zero attached hydrogens (tertiary/aromatic N) is 1. The van der Waals surface area contributed by atoms with Gasteiger partial charge in [0.25, 0.3) is 10.0 Å². The van der Waals surface area contributed by atoms with Gasteiger partial charge in [0, 0.05) is 6.54 Å². The van der Waals surface area contributed by atoms with Crippen LogP contribution in [0.4, 0.5) is 8.78 Å². The van der Waals surface area contributed by atoms with Gasteiger partial charge >= 0.3 is 6.61 Å². The van der Waals surface area contributed by atoms with Crippen LogP contribution in [0.2, 0.25) is 0 Å². The summed E-state index contributed by atoms with van der Waals surface area (Å²) in [5, 5.41) is 7.75. The number of halogens is 2. The van der Waals surface area contributed by atoms with E-state index in [1.807, 2.05) is 0 Å². The molecule has 0 saturated carbocycles. The highest BCUT2D eigenvalue weighted by atomic mass is 32.2. The summed E-state index contributed by atoms with van der Waals surface area (Å²) >= 11 is 0. The Labute approximate surface area is 103 Å². The molecule has 0 spiro atoms. The van der Waals surface area contributed by atoms with Crippen molar-refractivity contribution >= 4 is 15.9 Å². The van der Waals surface area contributed by atoms with Crippen molar-refractivity contribution in [3.05, 3.63) is 23.8 Å². The first-order valence-corrected chi connectivity index (χ1v) is 6.53. The number of benzene rings is 1. The van der Waals surface area contributed by atoms with Gasteiger partial charge in [0.05, 0.1) is 5.56 Å². The van der Waals surface area contributed by atoms with E-state index in [1.54, 1.807) is 6.92 Å². The summed E-state index contributed by atoms with van der Waals surface area (Å²) in [7, 11) is -3.82. The number of ether oxygens (including phenoxy) is 1. The van der Waals surface area contributed by atoms with Gasteiger partial charge in [0.15, 0.2) is 0 Å². The predicted molar refractivity (Wildman–Crippen MR) is 59.5 cm³/mol. The van der Waals surface area contributed by atoms with Crippen molar-refractivity contribution in [2.24, 2.45) is 0 Å². The summed E-state index contributed by atoms with van der Waals surface area (Å²) in [5.74, 6) is -0.643. The molecule has 1 N–H and O–H groups in total. The van der Waals surface area contributed by atoms with E-state index in [9.17, 15) is 17.2 Å². The number of rotatable bonds is 3. The average molecular weight is 276 g/mol. The van der Waals surface area contributed by atoms with Gasteiger partial charge in [0.1, 0.15) is 16.5 Å². The zero-order valence-corrected chi connectivity index (χ0v) is 10.2. The maximum absolute atomic E-state index is 12.2. The Kier molecular flexibility index (Phi) is 2.97. The summed E-state index contributed by atoms with van der Waals surface area (Å²) in [4.78, 5) is -0.174. The molecule has 5 nitrogen and oxygen atoms in total. The van der Waals surface area contributed by atoms with E-state index in [0.29, 0.717) is 0 Å². The molecule has 0 aromatic heterocycles. The number of hydrogen-bond acceptors (Lipinski definition) is 4. The van der Waals surface area contributed by atoms with E-state index < -0.39 is 16.6 Å². The lowest BCUT2D eigenvalue weighted by Gasteiger charge is -2.13. The molecule has 0 aliphatic carbocycles. The largest absolute Gasteiger partial charge is 0.434 e. The summed E-state index contributed by atoms with van der Waals surface area (Å²) < 4.78 is 53.6. The first-order chi connectivity index (χ1) is 8.39. The molecule has 0 radical (unpaired) electrons. The first-order valence-electron chi connectivity index (χ1n) is 5.09. The molecule has 0 bridgehead atoms. The van der Waals surface area contributed by atoms with Crippen LogP contribution in [-0.4, -0.2) is 31.7 Å². The van der Waals surface area contributed by atoms with Crippen LogP contribution in [0, 0.1) is 5.41 Å². The molecule has 0 fully saturated rings. The van der Waals surface area contributed by atoms with Crippen molar-refractivity contribution < 1.29 is 21.9 Å². The van der Waals surface area contributed by atoms with Crippen LogP contribution < -0.4 is 4.74 Å². The van der Waals surface area contributed by atoms with Crippen molar-refractivity contribution in [2.45, 2.75) is 18.4 Å². The highest BCUT2D eigenvalue weighted by Crippen LogP contribution is 2.36. The van der Waals surface area contributed by atoms with Gasteiger partial charge in [0.2, 0.25) is 0 Å². The number of amidine groups is 1. The van der Waals surface area contributed by atoms with Crippen LogP contribution >= 0.6 is 0 Å². The molecule has 18 heavy (non-hydrogen) atoms. The lowest BCUT2D eigenvalue weighted by molar-refractivity contribution is -0.0501. The molecule has 0 saturated heterocycles. The Bertz CT molecular complexity index is 601. The first kappa shape index (κ1) is 12.7. The van der Waals surface area contributed by atoms with E-state index in [4.69, 9.17) is 5.41 Å². The third-order valence-electron chi connectivity index (χ3n) is 2.55. The lowest BCUT2D eigenvalue weighted by atomic mass is 10.2. The zero-order chi connectivity index (χ0) is 13.5. The third kappa shape index (κ3) is 1.72. The maximum atomic E-state index is 12.2. The topological polar surface area (TPSA) is 70.5 Å². The van der Waals surface area contributed by atoms with Crippen LogP contribution in [0.1, 0.15) is 12.5 Å². The van der Waals surface area contributed by atoms with Crippen molar-refractivity contribution in [1.29, 1.82) is 5.41 Å². The summed E-state index contributed by atoms with van der Waals surface area (Å²) in [5.41, 5.74) is -0.111. The minimum Gasteiger partial charge on any atom is -0.434 e. The minimum atomic E-state index is -3.82. The smallest absolute Gasteiger partial charge is 0.387 e. The molecule has 0 atom stereocenters. The Hall–Kier alpha value is -1.70. The van der Waals surface area contributed by atoms with Crippen LogP contribution in [0.5, 0.6) is 5.75 Å². The molecule has 8 heteroatoms. The molecule has 0 unspecified atom stereocenters. The molecule has 1 aromatic rings. The standard InChI is InChI=1S/C10H10F2N2O3S/c1-2-14-9(13)8-6(17-10(11)12)4-3-5-7(8)18(14,15)16/h3-5,10,13H,2H2,1H3. The fourth-order valence-corrected chi connectivity index (χ4v) is 3.46. The Morgan fingerprint density at radius 2 is 2.11 bits per heavy atom. The molecule has 1 aliphatic heterocycles. The van der Waals surface area contributed by atoms with E-state index in [-0.39, 0.29) is 28.6 Å². The maximum Gasteiger partial charge on any atom is 0.387 e. The molecule has 1 aromatic carbocycles. The normalized spacial score (nSPS) is 17.1. The van der Waals surface area contributed by atoms with E-state index in [1.165, 1.54) is 18.2 Å². The van der Waals surface area contributed by atoms with Crippen molar-refractivity contribution in [1.82, 2.24) is 4.31 Å². The Morgan fingerprint density at radius 3 is 2.67 bits per heavy atom. The fraction of sp³-hybridized carbons (Fsp3) is 0.300. The third-order valence-corrected chi connectivity index (χ3v) is 4.46. The molecule has 1 aliphatic rings. The van der Waals surface area contributed by atoms with Crippen LogP contribution in [0.15, 0.2) is 23.1 Å². The average Bonchev–Trinajstić information content (AvgIpc) is 2.47. The van der Waals surface area contributed by atoms with Gasteiger partial charge in [-0.1, -0.05) is 6.07 Å². The molecule has 2 rings (SSSR count). The highest BCUT2D eigenvalue weighted by molar-refractivity contribution is 7.90. The second-order valence-corrected chi connectivity index (χ2v) is 5.36. The number of alkyl halides is 2. The monoisotopic (exact) mass is 276 g/mol. The second-order valence-electron chi connectivity index (χ2n) is 3.53. The van der Waals surface area contributed by atoms with E-state index >= 15 is 0 Å². The second kappa shape index (κ2) is 4.20. The van der Waals surface area contributed by atoms with Gasteiger partial charge in [-0.25, -0.2) is 12.7 Å². The summed E-state index contributed by atoms with van der Waals surface area (Å²) in [6.45, 7) is -1.45. The van der Waals surface area contributed by atoms with Gasteiger partial charge in [-0.05, 0) is 19.1 Å². The summed E-state index contributed by atoms with van der Waals surface area (Å²) in [6.07, 6.45) is 0. The number of hydrogen-bond donors (Lipinski definition) is 1. The van der Waals surface area contributed by atoms with Crippen molar-refractivity contribution in [3.63, 3.8) is 0 Å². The molecule has 0 amide bonds. The quantitative estimate of drug-likeness (QED) is 0.912. The van der Waals surface area contributed by atoms with Crippen LogP contribution in [0.3, 0.4) is 0 Å². The van der Waals surface area contributed by atoms with Crippen molar-refractivity contribution in [3.8, 4) is 5.75 Å². The summed E-state index contributed by atoms with van der Waals surface area (Å²) in [6, 6.07) is 3.79. The van der Waals surface area contributed by atoms with Gasteiger partial charge in [-0.3, -0.25) is 5.41 Å². The van der Waals surface area contributed by atoms with Gasteiger partial charge in [-0.2, -0.15) is 8.78 Å². The highest BCUT2D eigenvalue weighted by Gasteiger charge is 2.40. The molecular formula is C10H10F2N2O3S. The molecule has 1 heterocycles. The number of sulfonamides is 1. The minimum absolute atomic E-state index is 0.0595. The van der Waals surface area contributed by atoms with Crippen molar-refractivity contribution in [2.75, 3.05) is 6.54 Å². The predicted octanol–water partition coefficient (Wildman–Crippen LogP) is 1.64. The number of nitrogens with one attached hydrogen (secondary N) is 1. The zero-order valence-electron chi connectivity index (χ0n) is 9.35. The lowest BCUT2D eigenvalue weighted by Crippen LogP contribution is -2.29. The number of fused-ring (bicyclic) bond motifs is 1. The molecular weight excluding hydrogens is 266 g/mol. The molecule has 98 valence electrons. The van der Waals surface area contributed by atoms with Gasteiger partial charge < -0.3 is 4.74 Å². The Morgan fingerprint density at radius 1 is 1.44 bits per heavy atom. The van der Waals surface area contributed by atoms with Gasteiger partial charge in [-0.15, -0.1) is 0 Å².